The lowest BCUT2D eigenvalue weighted by atomic mass is 10.0. The Morgan fingerprint density at radius 1 is 1.71 bits per heavy atom. The van der Waals surface area contributed by atoms with Crippen LogP contribution in [0.25, 0.3) is 0 Å². The molecule has 0 radical (unpaired) electrons. The second kappa shape index (κ2) is 6.64. The average Bonchev–Trinajstić information content (AvgIpc) is 3.01. The molecular weight excluding hydrogens is 254 g/mol. The van der Waals surface area contributed by atoms with E-state index in [0.717, 1.165) is 30.4 Å². The molecule has 1 aromatic heterocycles. The summed E-state index contributed by atoms with van der Waals surface area (Å²) < 4.78 is 18.6. The third-order valence-electron chi connectivity index (χ3n) is 3.05. The Hall–Kier alpha value is -0.230. The van der Waals surface area contributed by atoms with Crippen LogP contribution in [-0.4, -0.2) is 35.8 Å². The molecule has 0 saturated carbocycles. The van der Waals surface area contributed by atoms with Crippen LogP contribution < -0.4 is 5.32 Å². The first-order chi connectivity index (χ1) is 8.31. The lowest BCUT2D eigenvalue weighted by Gasteiger charge is -2.22. The molecule has 96 valence electrons. The van der Waals surface area contributed by atoms with Crippen LogP contribution in [-0.2, 0) is 15.5 Å². The van der Waals surface area contributed by atoms with Crippen molar-refractivity contribution >= 4 is 22.1 Å². The summed E-state index contributed by atoms with van der Waals surface area (Å²) in [5, 5.41) is 5.43. The standard InChI is InChI=1S/C12H19NO2S2/c1-2-13-11(10-5-6-15-8-10)9-17(14)12-4-3-7-16-12/h3-4,7,10-11,13H,2,5-6,8-9H2,1H3. The minimum atomic E-state index is -0.879. The Labute approximate surface area is 109 Å². The zero-order valence-corrected chi connectivity index (χ0v) is 11.7. The number of hydrogen-bond acceptors (Lipinski definition) is 4. The molecule has 1 N–H and O–H groups in total. The van der Waals surface area contributed by atoms with Gasteiger partial charge in [0.15, 0.2) is 0 Å². The van der Waals surface area contributed by atoms with Crippen LogP contribution in [0.15, 0.2) is 21.7 Å². The molecule has 0 aromatic carbocycles. The van der Waals surface area contributed by atoms with Gasteiger partial charge in [-0.15, -0.1) is 11.3 Å². The second-order valence-corrected chi connectivity index (χ2v) is 6.90. The topological polar surface area (TPSA) is 38.3 Å². The van der Waals surface area contributed by atoms with Crippen molar-refractivity contribution in [1.29, 1.82) is 0 Å². The number of rotatable bonds is 6. The van der Waals surface area contributed by atoms with Crippen molar-refractivity contribution < 1.29 is 8.95 Å². The summed E-state index contributed by atoms with van der Waals surface area (Å²) in [6, 6.07) is 4.22. The zero-order chi connectivity index (χ0) is 12.1. The molecule has 1 aliphatic rings. The maximum atomic E-state index is 12.2. The molecule has 1 aliphatic heterocycles. The first-order valence-electron chi connectivity index (χ1n) is 6.04. The Bertz CT molecular complexity index is 347. The van der Waals surface area contributed by atoms with Crippen molar-refractivity contribution in [2.45, 2.75) is 23.6 Å². The number of hydrogen-bond donors (Lipinski definition) is 1. The smallest absolute Gasteiger partial charge is 0.0911 e. The fourth-order valence-electron chi connectivity index (χ4n) is 2.13. The van der Waals surface area contributed by atoms with Gasteiger partial charge in [-0.3, -0.25) is 4.21 Å². The van der Waals surface area contributed by atoms with Crippen LogP contribution in [0.2, 0.25) is 0 Å². The van der Waals surface area contributed by atoms with Crippen LogP contribution >= 0.6 is 11.3 Å². The molecule has 3 nitrogen and oxygen atoms in total. The third kappa shape index (κ3) is 3.61. The fraction of sp³-hybridized carbons (Fsp3) is 0.667. The largest absolute Gasteiger partial charge is 0.381 e. The Morgan fingerprint density at radius 3 is 3.18 bits per heavy atom. The first kappa shape index (κ1) is 13.2. The summed E-state index contributed by atoms with van der Waals surface area (Å²) in [6.45, 7) is 4.66. The summed E-state index contributed by atoms with van der Waals surface area (Å²) in [6.07, 6.45) is 1.08. The highest BCUT2D eigenvalue weighted by atomic mass is 32.2. The molecule has 3 unspecified atom stereocenters. The van der Waals surface area contributed by atoms with Crippen LogP contribution in [0, 0.1) is 5.92 Å². The zero-order valence-electron chi connectivity index (χ0n) is 10.1. The molecule has 1 fully saturated rings. The molecule has 2 rings (SSSR count). The van der Waals surface area contributed by atoms with Gasteiger partial charge in [-0.05, 0) is 24.4 Å². The van der Waals surface area contributed by atoms with Gasteiger partial charge in [0.25, 0.3) is 0 Å². The van der Waals surface area contributed by atoms with Gasteiger partial charge in [-0.25, -0.2) is 0 Å². The van der Waals surface area contributed by atoms with Crippen LogP contribution in [0.4, 0.5) is 0 Å². The molecule has 0 aliphatic carbocycles. The van der Waals surface area contributed by atoms with Crippen LogP contribution in [0.1, 0.15) is 13.3 Å². The minimum absolute atomic E-state index is 0.311. The summed E-state index contributed by atoms with van der Waals surface area (Å²) in [7, 11) is -0.879. The molecule has 0 amide bonds. The normalized spacial score (nSPS) is 23.7. The molecule has 1 saturated heterocycles. The Balaban J connectivity index is 1.94. The van der Waals surface area contributed by atoms with E-state index in [2.05, 4.69) is 12.2 Å². The van der Waals surface area contributed by atoms with Gasteiger partial charge < -0.3 is 10.1 Å². The molecule has 2 heterocycles. The van der Waals surface area contributed by atoms with E-state index in [1.165, 1.54) is 0 Å². The number of thiophene rings is 1. The SMILES string of the molecule is CCNC(CS(=O)c1cccs1)C1CCOC1. The number of nitrogens with one attached hydrogen (secondary N) is 1. The molecule has 17 heavy (non-hydrogen) atoms. The van der Waals surface area contributed by atoms with E-state index in [1.54, 1.807) is 11.3 Å². The lowest BCUT2D eigenvalue weighted by Crippen LogP contribution is -2.40. The van der Waals surface area contributed by atoms with E-state index in [-0.39, 0.29) is 0 Å². The Kier molecular flexibility index (Phi) is 5.16. The van der Waals surface area contributed by atoms with E-state index >= 15 is 0 Å². The monoisotopic (exact) mass is 273 g/mol. The van der Waals surface area contributed by atoms with Gasteiger partial charge in [0.1, 0.15) is 0 Å². The van der Waals surface area contributed by atoms with E-state index in [1.807, 2.05) is 17.5 Å². The molecule has 1 aromatic rings. The third-order valence-corrected chi connectivity index (χ3v) is 5.81. The summed E-state index contributed by atoms with van der Waals surface area (Å²) in [5.74, 6) is 1.21. The van der Waals surface area contributed by atoms with Gasteiger partial charge in [0, 0.05) is 24.3 Å². The van der Waals surface area contributed by atoms with Gasteiger partial charge in [0.05, 0.1) is 21.6 Å². The van der Waals surface area contributed by atoms with Crippen molar-refractivity contribution in [3.05, 3.63) is 17.5 Å². The first-order valence-corrected chi connectivity index (χ1v) is 8.24. The van der Waals surface area contributed by atoms with E-state index < -0.39 is 10.8 Å². The van der Waals surface area contributed by atoms with Gasteiger partial charge in [-0.1, -0.05) is 13.0 Å². The summed E-state index contributed by atoms with van der Waals surface area (Å²) >= 11 is 1.57. The molecular formula is C12H19NO2S2. The molecule has 0 bridgehead atoms. The lowest BCUT2D eigenvalue weighted by molar-refractivity contribution is 0.179. The van der Waals surface area contributed by atoms with Crippen LogP contribution in [0.5, 0.6) is 0 Å². The average molecular weight is 273 g/mol. The predicted molar refractivity (Wildman–Crippen MR) is 72.0 cm³/mol. The van der Waals surface area contributed by atoms with Gasteiger partial charge in [0.2, 0.25) is 0 Å². The van der Waals surface area contributed by atoms with E-state index in [0.29, 0.717) is 17.7 Å². The highest BCUT2D eigenvalue weighted by molar-refractivity contribution is 7.87. The second-order valence-electron chi connectivity index (χ2n) is 4.23. The van der Waals surface area contributed by atoms with E-state index in [4.69, 9.17) is 4.74 Å². The highest BCUT2D eigenvalue weighted by Crippen LogP contribution is 2.21. The van der Waals surface area contributed by atoms with Crippen LogP contribution in [0.3, 0.4) is 0 Å². The molecule has 3 atom stereocenters. The number of ether oxygens (including phenoxy) is 1. The molecule has 0 spiro atoms. The quantitative estimate of drug-likeness (QED) is 0.860. The van der Waals surface area contributed by atoms with Gasteiger partial charge >= 0.3 is 0 Å². The maximum absolute atomic E-state index is 12.2. The minimum Gasteiger partial charge on any atom is -0.381 e. The Morgan fingerprint density at radius 2 is 2.59 bits per heavy atom. The van der Waals surface area contributed by atoms with E-state index in [9.17, 15) is 4.21 Å². The van der Waals surface area contributed by atoms with Gasteiger partial charge in [-0.2, -0.15) is 0 Å². The van der Waals surface area contributed by atoms with Crippen molar-refractivity contribution in [3.8, 4) is 0 Å². The predicted octanol–water partition coefficient (Wildman–Crippen LogP) is 1.87. The van der Waals surface area contributed by atoms with Crippen molar-refractivity contribution in [2.75, 3.05) is 25.5 Å². The maximum Gasteiger partial charge on any atom is 0.0911 e. The summed E-state index contributed by atoms with van der Waals surface area (Å²) in [5.41, 5.74) is 0. The summed E-state index contributed by atoms with van der Waals surface area (Å²) in [4.78, 5) is 0. The van der Waals surface area contributed by atoms with Crippen molar-refractivity contribution in [1.82, 2.24) is 5.32 Å². The fourth-order valence-corrected chi connectivity index (χ4v) is 4.49. The van der Waals surface area contributed by atoms with Crippen molar-refractivity contribution in [2.24, 2.45) is 5.92 Å². The van der Waals surface area contributed by atoms with Crippen molar-refractivity contribution in [3.63, 3.8) is 0 Å². The molecule has 5 heteroatoms. The highest BCUT2D eigenvalue weighted by Gasteiger charge is 2.27.